The number of allylic oxidation sites excluding steroid dienone is 4. The number of carbonyl (C=O) groups is 2. The molecule has 0 aliphatic rings. The summed E-state index contributed by atoms with van der Waals surface area (Å²) in [5.41, 5.74) is 0. The molecule has 0 saturated heterocycles. The van der Waals surface area contributed by atoms with Gasteiger partial charge in [-0.3, -0.25) is 9.59 Å². The van der Waals surface area contributed by atoms with Crippen LogP contribution >= 0.6 is 0 Å². The number of carbonyl (C=O) groups excluding carboxylic acids is 2. The number of ketones is 2. The molecule has 246 valence electrons. The van der Waals surface area contributed by atoms with Gasteiger partial charge in [0.15, 0.2) is 11.6 Å². The molecule has 0 aromatic heterocycles. The van der Waals surface area contributed by atoms with Crippen LogP contribution in [0.15, 0.2) is 24.3 Å². The average Bonchev–Trinajstić information content (AvgIpc) is 2.99. The summed E-state index contributed by atoms with van der Waals surface area (Å²) >= 11 is 0. The molecular weight excluding hydrogens is 524 g/mol. The summed E-state index contributed by atoms with van der Waals surface area (Å²) in [6.45, 7) is 4.47. The van der Waals surface area contributed by atoms with Gasteiger partial charge in [-0.2, -0.15) is 0 Å². The first-order chi connectivity index (χ1) is 20.5. The van der Waals surface area contributed by atoms with Crippen molar-refractivity contribution in [2.75, 3.05) is 0 Å². The Hall–Kier alpha value is -1.30. The van der Waals surface area contributed by atoms with Crippen LogP contribution in [-0.2, 0) is 9.59 Å². The van der Waals surface area contributed by atoms with Crippen molar-refractivity contribution in [1.82, 2.24) is 0 Å². The van der Waals surface area contributed by atoms with Gasteiger partial charge >= 0.3 is 0 Å². The minimum Gasteiger partial charge on any atom is -0.387 e. The molecule has 0 saturated carbocycles. The molecule has 5 nitrogen and oxygen atoms in total. The molecule has 0 aliphatic carbocycles. The third-order valence-electron chi connectivity index (χ3n) is 8.21. The highest BCUT2D eigenvalue weighted by molar-refractivity contribution is 5.87. The smallest absolute Gasteiger partial charge is 0.164 e. The maximum absolute atomic E-state index is 12.3. The normalized spacial score (nSPS) is 14.1. The molecule has 3 N–H and O–H groups in total. The van der Waals surface area contributed by atoms with E-state index in [9.17, 15) is 24.9 Å². The minimum atomic E-state index is -1.75. The van der Waals surface area contributed by atoms with Crippen LogP contribution in [0.4, 0.5) is 0 Å². The summed E-state index contributed by atoms with van der Waals surface area (Å²) < 4.78 is 0. The fourth-order valence-corrected chi connectivity index (χ4v) is 5.28. The van der Waals surface area contributed by atoms with E-state index in [-0.39, 0.29) is 12.8 Å². The largest absolute Gasteiger partial charge is 0.387 e. The quantitative estimate of drug-likeness (QED) is 0.0534. The van der Waals surface area contributed by atoms with Gasteiger partial charge in [-0.25, -0.2) is 0 Å². The van der Waals surface area contributed by atoms with Gasteiger partial charge in [-0.05, 0) is 44.9 Å². The molecule has 0 bridgehead atoms. The predicted molar refractivity (Wildman–Crippen MR) is 178 cm³/mol. The van der Waals surface area contributed by atoms with Crippen LogP contribution in [0, 0.1) is 0 Å². The molecule has 3 unspecified atom stereocenters. The lowest BCUT2D eigenvalue weighted by Gasteiger charge is -2.21. The molecule has 0 fully saturated rings. The molecule has 5 heteroatoms. The summed E-state index contributed by atoms with van der Waals surface area (Å²) in [5.74, 6) is -0.990. The maximum atomic E-state index is 12.3. The molecule has 0 amide bonds. The zero-order valence-electron chi connectivity index (χ0n) is 27.6. The first-order valence-electron chi connectivity index (χ1n) is 17.8. The van der Waals surface area contributed by atoms with Gasteiger partial charge in [0.05, 0.1) is 0 Å². The summed E-state index contributed by atoms with van der Waals surface area (Å²) in [7, 11) is 0. The van der Waals surface area contributed by atoms with E-state index in [2.05, 4.69) is 38.2 Å². The van der Waals surface area contributed by atoms with Crippen molar-refractivity contribution in [2.45, 2.75) is 199 Å². The second kappa shape index (κ2) is 31.1. The molecule has 0 heterocycles. The topological polar surface area (TPSA) is 94.8 Å². The number of Topliss-reactive ketones (excluding diaryl/α,β-unsaturated/α-hetero) is 2. The van der Waals surface area contributed by atoms with Crippen LogP contribution in [0.2, 0.25) is 0 Å². The Morgan fingerprint density at radius 3 is 1.17 bits per heavy atom. The lowest BCUT2D eigenvalue weighted by molar-refractivity contribution is -0.146. The monoisotopic (exact) mass is 593 g/mol. The maximum Gasteiger partial charge on any atom is 0.164 e. The number of rotatable bonds is 32. The zero-order valence-corrected chi connectivity index (χ0v) is 27.6. The SMILES string of the molecule is CCCCC/C=C\C/C=C\CCCCCCCC(=O)C(O)C(O)C(O)C(=O)CCCCCCCCCCCCCCC. The van der Waals surface area contributed by atoms with E-state index in [4.69, 9.17) is 0 Å². The van der Waals surface area contributed by atoms with E-state index in [1.807, 2.05) is 0 Å². The van der Waals surface area contributed by atoms with Crippen LogP contribution in [0.1, 0.15) is 181 Å². The highest BCUT2D eigenvalue weighted by Crippen LogP contribution is 2.15. The Morgan fingerprint density at radius 2 is 0.762 bits per heavy atom. The first-order valence-corrected chi connectivity index (χ1v) is 17.8. The van der Waals surface area contributed by atoms with Crippen molar-refractivity contribution in [2.24, 2.45) is 0 Å². The third-order valence-corrected chi connectivity index (χ3v) is 8.21. The van der Waals surface area contributed by atoms with Crippen LogP contribution in [-0.4, -0.2) is 45.2 Å². The molecule has 0 aromatic rings. The van der Waals surface area contributed by atoms with E-state index < -0.39 is 29.9 Å². The molecule has 0 radical (unpaired) electrons. The van der Waals surface area contributed by atoms with Crippen molar-refractivity contribution in [1.29, 1.82) is 0 Å². The van der Waals surface area contributed by atoms with E-state index in [0.717, 1.165) is 57.8 Å². The van der Waals surface area contributed by atoms with Gasteiger partial charge in [-0.1, -0.05) is 147 Å². The number of hydrogen-bond donors (Lipinski definition) is 3. The van der Waals surface area contributed by atoms with E-state index >= 15 is 0 Å². The zero-order chi connectivity index (χ0) is 31.1. The van der Waals surface area contributed by atoms with Crippen molar-refractivity contribution in [3.63, 3.8) is 0 Å². The van der Waals surface area contributed by atoms with Crippen molar-refractivity contribution in [3.8, 4) is 0 Å². The standard InChI is InChI=1S/C37H68O5/c1-3-5-7-9-11-13-15-17-18-20-22-24-26-28-30-32-34(39)36(41)37(42)35(40)33(38)31-29-27-25-23-21-19-16-14-12-10-8-6-4-2/h11,13,17-18,35-37,40-42H,3-10,12,14-16,19-32H2,1-2H3/b13-11-,18-17-. The summed E-state index contributed by atoms with van der Waals surface area (Å²) in [6.07, 6.45) is 31.7. The summed E-state index contributed by atoms with van der Waals surface area (Å²) in [4.78, 5) is 24.6. The fourth-order valence-electron chi connectivity index (χ4n) is 5.28. The minimum absolute atomic E-state index is 0.155. The lowest BCUT2D eigenvalue weighted by atomic mass is 9.95. The number of hydrogen-bond acceptors (Lipinski definition) is 5. The van der Waals surface area contributed by atoms with Crippen LogP contribution in [0.3, 0.4) is 0 Å². The Balaban J connectivity index is 3.76. The van der Waals surface area contributed by atoms with Gasteiger partial charge in [0.1, 0.15) is 18.3 Å². The third kappa shape index (κ3) is 25.2. The lowest BCUT2D eigenvalue weighted by Crippen LogP contribution is -2.45. The molecule has 0 aliphatic heterocycles. The van der Waals surface area contributed by atoms with Gasteiger partial charge in [0.25, 0.3) is 0 Å². The van der Waals surface area contributed by atoms with Gasteiger partial charge < -0.3 is 15.3 Å². The Bertz CT molecular complexity index is 671. The molecule has 0 spiro atoms. The Morgan fingerprint density at radius 1 is 0.452 bits per heavy atom. The molecule has 42 heavy (non-hydrogen) atoms. The highest BCUT2D eigenvalue weighted by Gasteiger charge is 2.33. The van der Waals surface area contributed by atoms with Gasteiger partial charge in [-0.15, -0.1) is 0 Å². The number of aliphatic hydroxyl groups is 3. The number of aliphatic hydroxyl groups excluding tert-OH is 3. The van der Waals surface area contributed by atoms with Crippen LogP contribution in [0.5, 0.6) is 0 Å². The van der Waals surface area contributed by atoms with Crippen molar-refractivity contribution >= 4 is 11.6 Å². The van der Waals surface area contributed by atoms with Crippen LogP contribution < -0.4 is 0 Å². The van der Waals surface area contributed by atoms with E-state index in [0.29, 0.717) is 12.8 Å². The summed E-state index contributed by atoms with van der Waals surface area (Å²) in [6, 6.07) is 0. The second-order valence-corrected chi connectivity index (χ2v) is 12.3. The van der Waals surface area contributed by atoms with Gasteiger partial charge in [0, 0.05) is 12.8 Å². The Kier molecular flexibility index (Phi) is 30.2. The second-order valence-electron chi connectivity index (χ2n) is 12.3. The number of unbranched alkanes of at least 4 members (excludes halogenated alkanes) is 20. The first kappa shape index (κ1) is 40.7. The van der Waals surface area contributed by atoms with Crippen LogP contribution in [0.25, 0.3) is 0 Å². The van der Waals surface area contributed by atoms with Crippen molar-refractivity contribution in [3.05, 3.63) is 24.3 Å². The average molecular weight is 593 g/mol. The predicted octanol–water partition coefficient (Wildman–Crippen LogP) is 9.50. The van der Waals surface area contributed by atoms with Gasteiger partial charge in [0.2, 0.25) is 0 Å². The summed E-state index contributed by atoms with van der Waals surface area (Å²) in [5, 5.41) is 30.6. The molecule has 3 atom stereocenters. The molecule has 0 aromatic carbocycles. The highest BCUT2D eigenvalue weighted by atomic mass is 16.4. The fraction of sp³-hybridized carbons (Fsp3) is 0.838. The molecular formula is C37H68O5. The van der Waals surface area contributed by atoms with Crippen molar-refractivity contribution < 1.29 is 24.9 Å². The van der Waals surface area contributed by atoms with E-state index in [1.54, 1.807) is 0 Å². The molecule has 0 rings (SSSR count). The van der Waals surface area contributed by atoms with E-state index in [1.165, 1.54) is 83.5 Å². The Labute approximate surface area is 259 Å².